The maximum absolute atomic E-state index is 14.7. The number of ketones is 1. The molecular weight excluding hydrogens is 662 g/mol. The van der Waals surface area contributed by atoms with Crippen LogP contribution < -0.4 is 21.3 Å². The molecule has 1 aromatic heterocycles. The first-order valence-corrected chi connectivity index (χ1v) is 19.3. The number of hydrogen-bond donors (Lipinski definition) is 4. The van der Waals surface area contributed by atoms with Crippen molar-refractivity contribution in [2.24, 2.45) is 34.0 Å². The van der Waals surface area contributed by atoms with Gasteiger partial charge in [-0.2, -0.15) is 0 Å². The van der Waals surface area contributed by atoms with Crippen LogP contribution in [0.1, 0.15) is 123 Å². The fourth-order valence-electron chi connectivity index (χ4n) is 8.87. The van der Waals surface area contributed by atoms with E-state index in [2.05, 4.69) is 45.1 Å². The highest BCUT2D eigenvalue weighted by Gasteiger charge is 2.70. The summed E-state index contributed by atoms with van der Waals surface area (Å²) in [6, 6.07) is -3.78. The Morgan fingerprint density at radius 2 is 1.60 bits per heavy atom. The Balaban J connectivity index is 1.23. The molecule has 52 heavy (non-hydrogen) atoms. The summed E-state index contributed by atoms with van der Waals surface area (Å²) in [5.41, 5.74) is -1.41. The highest BCUT2D eigenvalue weighted by Crippen LogP contribution is 2.65. The number of Topliss-reactive ketones (excluding diaryl/α,β-unsaturated/α-hetero) is 1. The summed E-state index contributed by atoms with van der Waals surface area (Å²) in [6.07, 6.45) is 13.6. The van der Waals surface area contributed by atoms with Crippen molar-refractivity contribution in [3.63, 3.8) is 0 Å². The quantitative estimate of drug-likeness (QED) is 0.225. The van der Waals surface area contributed by atoms with Crippen LogP contribution in [0.15, 0.2) is 18.6 Å². The van der Waals surface area contributed by atoms with Gasteiger partial charge in [0, 0.05) is 25.0 Å². The number of rotatable bonds is 13. The van der Waals surface area contributed by atoms with Crippen molar-refractivity contribution in [2.75, 3.05) is 6.54 Å². The zero-order chi connectivity index (χ0) is 37.6. The minimum atomic E-state index is -1.02. The number of carbonyl (C=O) groups is 6. The number of carbonyl (C=O) groups excluding carboxylic acids is 6. The highest BCUT2D eigenvalue weighted by atomic mass is 16.2. The first-order valence-electron chi connectivity index (χ1n) is 19.3. The summed E-state index contributed by atoms with van der Waals surface area (Å²) in [5.74, 6) is -2.92. The van der Waals surface area contributed by atoms with Crippen molar-refractivity contribution in [1.82, 2.24) is 36.1 Å². The molecule has 0 aromatic carbocycles. The first kappa shape index (κ1) is 37.8. The van der Waals surface area contributed by atoms with Crippen molar-refractivity contribution in [1.29, 1.82) is 0 Å². The van der Waals surface area contributed by atoms with E-state index >= 15 is 0 Å². The molecule has 5 fully saturated rings. The van der Waals surface area contributed by atoms with Crippen LogP contribution in [0.5, 0.6) is 0 Å². The molecular formula is C39H57N7O6. The summed E-state index contributed by atoms with van der Waals surface area (Å²) in [7, 11) is 0. The lowest BCUT2D eigenvalue weighted by Gasteiger charge is -2.42. The Morgan fingerprint density at radius 3 is 2.17 bits per heavy atom. The second kappa shape index (κ2) is 14.5. The monoisotopic (exact) mass is 719 g/mol. The standard InChI is InChI=1S/C39H57N7O6/c1-37(2,3)31(45-35(51)30(39(6)15-8-7-9-16-39)44-32(48)26-20-40-17-18-41-26)36(52)46-21-24-27(38(24,4)5)28(46)33(49)43-25(19-22-11-10-12-22)29(47)34(50)42-23-13-14-23/h17-18,20,22-25,27-28,30-31H,7-16,19,21H2,1-6H3,(H,42,50)(H,43,49)(H,44,48)(H,45,51). The van der Waals surface area contributed by atoms with Gasteiger partial charge in [0.05, 0.1) is 12.2 Å². The number of fused-ring (bicyclic) bond motifs is 1. The van der Waals surface area contributed by atoms with Crippen LogP contribution in [0.25, 0.3) is 0 Å². The van der Waals surface area contributed by atoms with Crippen molar-refractivity contribution < 1.29 is 28.8 Å². The van der Waals surface area contributed by atoms with Gasteiger partial charge in [-0.1, -0.05) is 80.1 Å². The number of likely N-dealkylation sites (tertiary alicyclic amines) is 1. The molecule has 6 atom stereocenters. The second-order valence-corrected chi connectivity index (χ2v) is 18.1. The maximum Gasteiger partial charge on any atom is 0.289 e. The van der Waals surface area contributed by atoms with Gasteiger partial charge in [0.25, 0.3) is 11.8 Å². The summed E-state index contributed by atoms with van der Waals surface area (Å²) < 4.78 is 0. The lowest BCUT2D eigenvalue weighted by Crippen LogP contribution is -2.64. The molecule has 0 spiro atoms. The van der Waals surface area contributed by atoms with Gasteiger partial charge in [-0.15, -0.1) is 0 Å². The molecule has 4 aliphatic carbocycles. The van der Waals surface area contributed by atoms with E-state index in [0.717, 1.165) is 64.2 Å². The number of amides is 5. The number of aromatic nitrogens is 2. The van der Waals surface area contributed by atoms with E-state index in [0.29, 0.717) is 13.0 Å². The molecule has 1 saturated heterocycles. The van der Waals surface area contributed by atoms with E-state index in [-0.39, 0.29) is 40.8 Å². The van der Waals surface area contributed by atoms with Crippen LogP contribution in [-0.2, 0) is 24.0 Å². The van der Waals surface area contributed by atoms with Crippen molar-refractivity contribution in [2.45, 2.75) is 142 Å². The topological polar surface area (TPSA) is 180 Å². The van der Waals surface area contributed by atoms with Crippen LogP contribution in [0.4, 0.5) is 0 Å². The first-order chi connectivity index (χ1) is 24.5. The molecule has 13 heteroatoms. The molecule has 6 unspecified atom stereocenters. The summed E-state index contributed by atoms with van der Waals surface area (Å²) in [5, 5.41) is 11.7. The van der Waals surface area contributed by atoms with E-state index in [1.807, 2.05) is 27.7 Å². The van der Waals surface area contributed by atoms with Crippen LogP contribution >= 0.6 is 0 Å². The minimum Gasteiger partial charge on any atom is -0.347 e. The molecule has 4 saturated carbocycles. The van der Waals surface area contributed by atoms with E-state index in [9.17, 15) is 28.8 Å². The Hall–Kier alpha value is -3.90. The second-order valence-electron chi connectivity index (χ2n) is 18.1. The predicted octanol–water partition coefficient (Wildman–Crippen LogP) is 3.08. The lowest BCUT2D eigenvalue weighted by atomic mass is 9.70. The molecule has 13 nitrogen and oxygen atoms in total. The molecule has 5 aliphatic rings. The summed E-state index contributed by atoms with van der Waals surface area (Å²) >= 11 is 0. The average Bonchev–Trinajstić information content (AvgIpc) is 3.93. The zero-order valence-electron chi connectivity index (χ0n) is 31.6. The lowest BCUT2D eigenvalue weighted by molar-refractivity contribution is -0.147. The Kier molecular flexibility index (Phi) is 10.5. The molecule has 0 radical (unpaired) electrons. The van der Waals surface area contributed by atoms with E-state index < -0.39 is 64.4 Å². The largest absolute Gasteiger partial charge is 0.347 e. The van der Waals surface area contributed by atoms with Gasteiger partial charge < -0.3 is 26.2 Å². The van der Waals surface area contributed by atoms with Gasteiger partial charge in [0.2, 0.25) is 23.5 Å². The fourth-order valence-corrected chi connectivity index (χ4v) is 8.87. The van der Waals surface area contributed by atoms with Gasteiger partial charge in [0.1, 0.15) is 23.8 Å². The van der Waals surface area contributed by atoms with E-state index in [4.69, 9.17) is 0 Å². The SMILES string of the molecule is CC(C)(C)C(NC(=O)C(NC(=O)c1cnccn1)C1(C)CCCCC1)C(=O)N1CC2C(C1C(=O)NC(CC1CCC1)C(=O)C(=O)NC1CC1)C2(C)C. The van der Waals surface area contributed by atoms with Crippen molar-refractivity contribution in [3.8, 4) is 0 Å². The average molecular weight is 720 g/mol. The van der Waals surface area contributed by atoms with Crippen molar-refractivity contribution >= 4 is 35.3 Å². The smallest absolute Gasteiger partial charge is 0.289 e. The Labute approximate surface area is 307 Å². The number of piperidine rings is 1. The highest BCUT2D eigenvalue weighted by molar-refractivity contribution is 6.38. The molecule has 2 heterocycles. The van der Waals surface area contributed by atoms with Gasteiger partial charge in [-0.3, -0.25) is 33.8 Å². The molecule has 1 aromatic rings. The van der Waals surface area contributed by atoms with Gasteiger partial charge in [-0.25, -0.2) is 4.98 Å². The third-order valence-electron chi connectivity index (χ3n) is 12.7. The molecule has 0 bridgehead atoms. The normalized spacial score (nSPS) is 26.4. The predicted molar refractivity (Wildman–Crippen MR) is 192 cm³/mol. The summed E-state index contributed by atoms with van der Waals surface area (Å²) in [6.45, 7) is 12.1. The number of nitrogens with zero attached hydrogens (tertiary/aromatic N) is 3. The van der Waals surface area contributed by atoms with E-state index in [1.54, 1.807) is 4.90 Å². The molecule has 5 amide bonds. The molecule has 6 rings (SSSR count). The van der Waals surface area contributed by atoms with E-state index in [1.165, 1.54) is 18.6 Å². The van der Waals surface area contributed by atoms with Crippen LogP contribution in [-0.4, -0.2) is 86.9 Å². The molecule has 284 valence electrons. The third kappa shape index (κ3) is 7.88. The summed E-state index contributed by atoms with van der Waals surface area (Å²) in [4.78, 5) is 92.8. The minimum absolute atomic E-state index is 0.0117. The van der Waals surface area contributed by atoms with Gasteiger partial charge in [-0.05, 0) is 66.1 Å². The van der Waals surface area contributed by atoms with Crippen LogP contribution in [0.2, 0.25) is 0 Å². The van der Waals surface area contributed by atoms with Crippen LogP contribution in [0, 0.1) is 34.0 Å². The number of hydrogen-bond acceptors (Lipinski definition) is 8. The molecule has 4 N–H and O–H groups in total. The number of nitrogens with one attached hydrogen (secondary N) is 4. The molecule has 1 aliphatic heterocycles. The fraction of sp³-hybridized carbons (Fsp3) is 0.744. The van der Waals surface area contributed by atoms with Crippen LogP contribution in [0.3, 0.4) is 0 Å². The Morgan fingerprint density at radius 1 is 0.904 bits per heavy atom. The third-order valence-corrected chi connectivity index (χ3v) is 12.7. The van der Waals surface area contributed by atoms with Gasteiger partial charge in [0.15, 0.2) is 0 Å². The van der Waals surface area contributed by atoms with Crippen molar-refractivity contribution in [3.05, 3.63) is 24.3 Å². The maximum atomic E-state index is 14.7. The zero-order valence-corrected chi connectivity index (χ0v) is 31.6. The Bertz CT molecular complexity index is 1560. The van der Waals surface area contributed by atoms with Gasteiger partial charge >= 0.3 is 0 Å².